The molecule has 0 radical (unpaired) electrons. The molecule has 0 aliphatic heterocycles. The summed E-state index contributed by atoms with van der Waals surface area (Å²) in [7, 11) is 0. The molecule has 2 rings (SSSR count). The van der Waals surface area contributed by atoms with Crippen LogP contribution in [-0.2, 0) is 6.42 Å². The lowest BCUT2D eigenvalue weighted by molar-refractivity contribution is 0.406. The van der Waals surface area contributed by atoms with Crippen molar-refractivity contribution in [2.45, 2.75) is 51.0 Å². The first-order valence-corrected chi connectivity index (χ1v) is 6.62. The van der Waals surface area contributed by atoms with Gasteiger partial charge in [-0.25, -0.2) is 0 Å². The molecule has 0 amide bonds. The first-order valence-electron chi connectivity index (χ1n) is 6.25. The Morgan fingerprint density at radius 2 is 2.00 bits per heavy atom. The molecular weight excluding hydrogens is 222 g/mol. The van der Waals surface area contributed by atoms with Crippen LogP contribution >= 0.6 is 11.6 Å². The van der Waals surface area contributed by atoms with Crippen LogP contribution in [0.2, 0.25) is 5.15 Å². The summed E-state index contributed by atoms with van der Waals surface area (Å²) in [6.45, 7) is 0.635. The van der Waals surface area contributed by atoms with Crippen molar-refractivity contribution < 1.29 is 0 Å². The highest BCUT2D eigenvalue weighted by Crippen LogP contribution is 2.30. The summed E-state index contributed by atoms with van der Waals surface area (Å²) in [5.74, 6) is 0. The number of nitrogens with two attached hydrogens (primary N) is 1. The van der Waals surface area contributed by atoms with Gasteiger partial charge in [-0.1, -0.05) is 37.3 Å². The molecule has 1 heterocycles. The second-order valence-electron chi connectivity index (χ2n) is 4.59. The second-order valence-corrected chi connectivity index (χ2v) is 4.95. The van der Waals surface area contributed by atoms with Gasteiger partial charge >= 0.3 is 0 Å². The summed E-state index contributed by atoms with van der Waals surface area (Å²) in [5, 5.41) is 5.23. The Balaban J connectivity index is 2.12. The van der Waals surface area contributed by atoms with Crippen LogP contribution in [0.4, 0.5) is 0 Å². The monoisotopic (exact) mass is 241 g/mol. The maximum atomic E-state index is 6.33. The highest BCUT2D eigenvalue weighted by molar-refractivity contribution is 6.30. The minimum absolute atomic E-state index is 0.501. The molecule has 0 bridgehead atoms. The number of hydrogen-bond acceptors (Lipinski definition) is 2. The molecular formula is C12H20ClN3. The lowest BCUT2D eigenvalue weighted by Gasteiger charge is -2.15. The van der Waals surface area contributed by atoms with Crippen molar-refractivity contribution in [1.29, 1.82) is 0 Å². The Kier molecular flexibility index (Phi) is 4.24. The Hall–Kier alpha value is -0.540. The number of nitrogens with zero attached hydrogens (tertiary/aromatic N) is 2. The number of aromatic nitrogens is 2. The first kappa shape index (κ1) is 11.9. The van der Waals surface area contributed by atoms with E-state index in [0.29, 0.717) is 12.6 Å². The zero-order valence-electron chi connectivity index (χ0n) is 9.66. The fourth-order valence-corrected chi connectivity index (χ4v) is 2.79. The van der Waals surface area contributed by atoms with Crippen LogP contribution in [0.25, 0.3) is 0 Å². The van der Waals surface area contributed by atoms with Gasteiger partial charge in [0.05, 0.1) is 12.2 Å². The third-order valence-corrected chi connectivity index (χ3v) is 3.80. The summed E-state index contributed by atoms with van der Waals surface area (Å²) in [4.78, 5) is 0. The molecule has 0 saturated heterocycles. The summed E-state index contributed by atoms with van der Waals surface area (Å²) in [6, 6.07) is 0.501. The van der Waals surface area contributed by atoms with Crippen molar-refractivity contribution in [3.63, 3.8) is 0 Å². The van der Waals surface area contributed by atoms with E-state index in [9.17, 15) is 0 Å². The van der Waals surface area contributed by atoms with Crippen LogP contribution in [0, 0.1) is 0 Å². The van der Waals surface area contributed by atoms with E-state index in [1.54, 1.807) is 0 Å². The van der Waals surface area contributed by atoms with Crippen molar-refractivity contribution in [2.75, 3.05) is 6.54 Å². The van der Waals surface area contributed by atoms with Gasteiger partial charge < -0.3 is 5.73 Å². The van der Waals surface area contributed by atoms with Crippen LogP contribution in [0.3, 0.4) is 0 Å². The molecule has 1 saturated carbocycles. The zero-order valence-corrected chi connectivity index (χ0v) is 10.4. The van der Waals surface area contributed by atoms with E-state index >= 15 is 0 Å². The van der Waals surface area contributed by atoms with E-state index in [4.69, 9.17) is 17.3 Å². The average Bonchev–Trinajstić information content (AvgIpc) is 2.55. The van der Waals surface area contributed by atoms with Crippen molar-refractivity contribution in [1.82, 2.24) is 9.78 Å². The molecule has 3 nitrogen and oxygen atoms in total. The highest BCUT2D eigenvalue weighted by atomic mass is 35.5. The quantitative estimate of drug-likeness (QED) is 0.827. The van der Waals surface area contributed by atoms with E-state index in [2.05, 4.69) is 5.10 Å². The van der Waals surface area contributed by atoms with Gasteiger partial charge in [0.1, 0.15) is 5.15 Å². The third kappa shape index (κ3) is 2.58. The van der Waals surface area contributed by atoms with Crippen LogP contribution in [0.5, 0.6) is 0 Å². The predicted octanol–water partition coefficient (Wildman–Crippen LogP) is 2.93. The van der Waals surface area contributed by atoms with E-state index in [1.807, 2.05) is 10.9 Å². The first-order chi connectivity index (χ1) is 7.83. The van der Waals surface area contributed by atoms with Gasteiger partial charge in [0.25, 0.3) is 0 Å². The Labute approximate surface area is 102 Å². The summed E-state index contributed by atoms with van der Waals surface area (Å²) in [6.07, 6.45) is 10.4. The lowest BCUT2D eigenvalue weighted by atomic mass is 10.1. The smallest absolute Gasteiger partial charge is 0.130 e. The second kappa shape index (κ2) is 5.69. The maximum Gasteiger partial charge on any atom is 0.130 e. The molecule has 4 heteroatoms. The Morgan fingerprint density at radius 1 is 1.31 bits per heavy atom. The summed E-state index contributed by atoms with van der Waals surface area (Å²) >= 11 is 6.33. The number of rotatable bonds is 3. The molecule has 2 N–H and O–H groups in total. The van der Waals surface area contributed by atoms with Gasteiger partial charge in [-0.3, -0.25) is 4.68 Å². The highest BCUT2D eigenvalue weighted by Gasteiger charge is 2.18. The fourth-order valence-electron chi connectivity index (χ4n) is 2.46. The van der Waals surface area contributed by atoms with Crippen molar-refractivity contribution in [3.05, 3.63) is 16.9 Å². The molecule has 0 atom stereocenters. The van der Waals surface area contributed by atoms with Crippen LogP contribution < -0.4 is 5.73 Å². The average molecular weight is 242 g/mol. The van der Waals surface area contributed by atoms with Crippen LogP contribution in [0.15, 0.2) is 6.20 Å². The summed E-state index contributed by atoms with van der Waals surface area (Å²) < 4.78 is 2.01. The molecule has 1 fully saturated rings. The Morgan fingerprint density at radius 3 is 2.62 bits per heavy atom. The summed E-state index contributed by atoms with van der Waals surface area (Å²) in [5.41, 5.74) is 6.64. The molecule has 1 aromatic heterocycles. The molecule has 0 aromatic carbocycles. The van der Waals surface area contributed by atoms with Crippen LogP contribution in [0.1, 0.15) is 50.1 Å². The largest absolute Gasteiger partial charge is 0.330 e. The van der Waals surface area contributed by atoms with Gasteiger partial charge in [-0.15, -0.1) is 0 Å². The maximum absolute atomic E-state index is 6.33. The molecule has 0 unspecified atom stereocenters. The lowest BCUT2D eigenvalue weighted by Crippen LogP contribution is -2.10. The van der Waals surface area contributed by atoms with Gasteiger partial charge in [0.15, 0.2) is 0 Å². The fraction of sp³-hybridized carbons (Fsp3) is 0.750. The van der Waals surface area contributed by atoms with Gasteiger partial charge in [0, 0.05) is 5.56 Å². The third-order valence-electron chi connectivity index (χ3n) is 3.39. The standard InChI is InChI=1S/C12H20ClN3/c13-12-10(7-8-14)9-15-16(12)11-5-3-1-2-4-6-11/h9,11H,1-8,14H2. The van der Waals surface area contributed by atoms with Gasteiger partial charge in [-0.2, -0.15) is 5.10 Å². The predicted molar refractivity (Wildman–Crippen MR) is 66.7 cm³/mol. The van der Waals surface area contributed by atoms with E-state index in [-0.39, 0.29) is 0 Å². The molecule has 1 aliphatic rings. The Bertz CT molecular complexity index is 327. The number of halogens is 1. The zero-order chi connectivity index (χ0) is 11.4. The normalized spacial score (nSPS) is 18.6. The van der Waals surface area contributed by atoms with E-state index in [1.165, 1.54) is 38.5 Å². The number of hydrogen-bond donors (Lipinski definition) is 1. The SMILES string of the molecule is NCCc1cnn(C2CCCCCC2)c1Cl. The minimum atomic E-state index is 0.501. The molecule has 1 aliphatic carbocycles. The van der Waals surface area contributed by atoms with Crippen molar-refractivity contribution in [3.8, 4) is 0 Å². The minimum Gasteiger partial charge on any atom is -0.330 e. The van der Waals surface area contributed by atoms with Gasteiger partial charge in [-0.05, 0) is 25.8 Å². The molecule has 1 aromatic rings. The van der Waals surface area contributed by atoms with E-state index < -0.39 is 0 Å². The van der Waals surface area contributed by atoms with Crippen LogP contribution in [-0.4, -0.2) is 16.3 Å². The van der Waals surface area contributed by atoms with E-state index in [0.717, 1.165) is 17.1 Å². The van der Waals surface area contributed by atoms with Crippen molar-refractivity contribution in [2.24, 2.45) is 5.73 Å². The van der Waals surface area contributed by atoms with Crippen molar-refractivity contribution >= 4 is 11.6 Å². The molecule has 90 valence electrons. The molecule has 16 heavy (non-hydrogen) atoms. The van der Waals surface area contributed by atoms with Gasteiger partial charge in [0.2, 0.25) is 0 Å². The molecule has 0 spiro atoms. The topological polar surface area (TPSA) is 43.8 Å².